The van der Waals surface area contributed by atoms with Gasteiger partial charge in [0.25, 0.3) is 0 Å². The molecule has 2 N–H and O–H groups in total. The van der Waals surface area contributed by atoms with E-state index >= 15 is 0 Å². The lowest BCUT2D eigenvalue weighted by atomic mass is 9.95. The summed E-state index contributed by atoms with van der Waals surface area (Å²) >= 11 is 5.76. The lowest BCUT2D eigenvalue weighted by Gasteiger charge is -2.17. The van der Waals surface area contributed by atoms with E-state index in [4.69, 9.17) is 17.3 Å². The third kappa shape index (κ3) is 3.04. The molecule has 0 unspecified atom stereocenters. The molecule has 3 heteroatoms. The number of hydrogen-bond acceptors (Lipinski definition) is 1. The largest absolute Gasteiger partial charge is 0.387 e. The second-order valence-electron chi connectivity index (χ2n) is 4.22. The van der Waals surface area contributed by atoms with Gasteiger partial charge in [0.05, 0.1) is 5.69 Å². The average molecular weight is 211 g/mol. The number of amidine groups is 1. The Morgan fingerprint density at radius 3 is 2.14 bits per heavy atom. The molecule has 0 fully saturated rings. The van der Waals surface area contributed by atoms with E-state index in [1.807, 2.05) is 32.9 Å². The van der Waals surface area contributed by atoms with Crippen LogP contribution in [-0.4, -0.2) is 5.84 Å². The van der Waals surface area contributed by atoms with Gasteiger partial charge >= 0.3 is 0 Å². The van der Waals surface area contributed by atoms with E-state index in [0.717, 1.165) is 5.69 Å². The van der Waals surface area contributed by atoms with Crippen LogP contribution in [0, 0.1) is 5.41 Å². The topological polar surface area (TPSA) is 38.4 Å². The molecule has 0 atom stereocenters. The molecule has 1 aromatic carbocycles. The zero-order chi connectivity index (χ0) is 10.8. The van der Waals surface area contributed by atoms with Crippen molar-refractivity contribution in [2.75, 3.05) is 0 Å². The zero-order valence-electron chi connectivity index (χ0n) is 8.71. The van der Waals surface area contributed by atoms with Crippen LogP contribution in [0.5, 0.6) is 0 Å². The van der Waals surface area contributed by atoms with E-state index in [-0.39, 0.29) is 5.41 Å². The Kier molecular flexibility index (Phi) is 3.17. The van der Waals surface area contributed by atoms with Gasteiger partial charge in [-0.2, -0.15) is 0 Å². The summed E-state index contributed by atoms with van der Waals surface area (Å²) in [7, 11) is 0. The van der Waals surface area contributed by atoms with Gasteiger partial charge < -0.3 is 5.73 Å². The van der Waals surface area contributed by atoms with Gasteiger partial charge in [-0.3, -0.25) is 0 Å². The zero-order valence-corrected chi connectivity index (χ0v) is 9.47. The first-order chi connectivity index (χ1) is 6.39. The van der Waals surface area contributed by atoms with Gasteiger partial charge in [-0.25, -0.2) is 4.99 Å². The SMILES string of the molecule is CC(C)(C)C(N)=Nc1ccc(Cl)cc1. The Morgan fingerprint density at radius 2 is 1.71 bits per heavy atom. The van der Waals surface area contributed by atoms with Gasteiger partial charge in [0.15, 0.2) is 0 Å². The number of aliphatic imine (C=N–C) groups is 1. The Hall–Kier alpha value is -1.02. The molecule has 14 heavy (non-hydrogen) atoms. The van der Waals surface area contributed by atoms with Crippen molar-refractivity contribution >= 4 is 23.1 Å². The van der Waals surface area contributed by atoms with E-state index < -0.39 is 0 Å². The molecule has 1 aromatic rings. The molecular formula is C11H15ClN2. The first-order valence-corrected chi connectivity index (χ1v) is 4.87. The van der Waals surface area contributed by atoms with Crippen LogP contribution >= 0.6 is 11.6 Å². The van der Waals surface area contributed by atoms with Crippen LogP contribution in [0.1, 0.15) is 20.8 Å². The molecule has 0 heterocycles. The quantitative estimate of drug-likeness (QED) is 0.560. The van der Waals surface area contributed by atoms with Crippen LogP contribution in [0.2, 0.25) is 5.02 Å². The fraction of sp³-hybridized carbons (Fsp3) is 0.364. The fourth-order valence-electron chi connectivity index (χ4n) is 0.822. The van der Waals surface area contributed by atoms with Gasteiger partial charge in [-0.1, -0.05) is 32.4 Å². The number of halogens is 1. The maximum Gasteiger partial charge on any atom is 0.105 e. The highest BCUT2D eigenvalue weighted by Crippen LogP contribution is 2.20. The summed E-state index contributed by atoms with van der Waals surface area (Å²) in [5, 5.41) is 0.707. The molecule has 0 aliphatic heterocycles. The summed E-state index contributed by atoms with van der Waals surface area (Å²) in [5.41, 5.74) is 6.58. The Morgan fingerprint density at radius 1 is 1.21 bits per heavy atom. The van der Waals surface area contributed by atoms with Gasteiger partial charge in [-0.15, -0.1) is 0 Å². The van der Waals surface area contributed by atoms with E-state index in [2.05, 4.69) is 4.99 Å². The summed E-state index contributed by atoms with van der Waals surface area (Å²) in [4.78, 5) is 4.31. The van der Waals surface area contributed by atoms with Crippen molar-refractivity contribution < 1.29 is 0 Å². The summed E-state index contributed by atoms with van der Waals surface area (Å²) < 4.78 is 0. The smallest absolute Gasteiger partial charge is 0.105 e. The molecule has 76 valence electrons. The molecule has 2 nitrogen and oxygen atoms in total. The molecular weight excluding hydrogens is 196 g/mol. The molecule has 0 saturated carbocycles. The van der Waals surface area contributed by atoms with Crippen LogP contribution in [0.15, 0.2) is 29.3 Å². The lowest BCUT2D eigenvalue weighted by molar-refractivity contribution is 0.585. The molecule has 0 spiro atoms. The Labute approximate surface area is 89.8 Å². The average Bonchev–Trinajstić information content (AvgIpc) is 2.07. The maximum atomic E-state index is 5.84. The number of benzene rings is 1. The van der Waals surface area contributed by atoms with Crippen molar-refractivity contribution in [1.82, 2.24) is 0 Å². The van der Waals surface area contributed by atoms with Gasteiger partial charge in [-0.05, 0) is 24.3 Å². The van der Waals surface area contributed by atoms with Crippen molar-refractivity contribution in [2.24, 2.45) is 16.1 Å². The summed E-state index contributed by atoms with van der Waals surface area (Å²) in [5.74, 6) is 0.625. The molecule has 0 aliphatic carbocycles. The summed E-state index contributed by atoms with van der Waals surface area (Å²) in [6, 6.07) is 7.30. The number of nitrogens with two attached hydrogens (primary N) is 1. The lowest BCUT2D eigenvalue weighted by Crippen LogP contribution is -2.28. The standard InChI is InChI=1S/C11H15ClN2/c1-11(2,3)10(13)14-9-6-4-8(12)5-7-9/h4-7H,1-3H3,(H2,13,14). The highest BCUT2D eigenvalue weighted by molar-refractivity contribution is 6.30. The van der Waals surface area contributed by atoms with E-state index in [1.165, 1.54) is 0 Å². The Bertz CT molecular complexity index is 333. The second-order valence-corrected chi connectivity index (χ2v) is 4.66. The normalized spacial score (nSPS) is 13.0. The molecule has 0 radical (unpaired) electrons. The number of rotatable bonds is 1. The van der Waals surface area contributed by atoms with Crippen LogP contribution in [0.4, 0.5) is 5.69 Å². The number of hydrogen-bond donors (Lipinski definition) is 1. The maximum absolute atomic E-state index is 5.84. The van der Waals surface area contributed by atoms with Crippen LogP contribution < -0.4 is 5.73 Å². The summed E-state index contributed by atoms with van der Waals surface area (Å²) in [6.07, 6.45) is 0. The molecule has 1 rings (SSSR count). The van der Waals surface area contributed by atoms with Crippen molar-refractivity contribution in [3.8, 4) is 0 Å². The molecule has 0 aliphatic rings. The van der Waals surface area contributed by atoms with Crippen molar-refractivity contribution in [1.29, 1.82) is 0 Å². The third-order valence-electron chi connectivity index (χ3n) is 1.84. The van der Waals surface area contributed by atoms with Gasteiger partial charge in [0.2, 0.25) is 0 Å². The van der Waals surface area contributed by atoms with E-state index in [1.54, 1.807) is 12.1 Å². The first-order valence-electron chi connectivity index (χ1n) is 4.50. The third-order valence-corrected chi connectivity index (χ3v) is 2.10. The monoisotopic (exact) mass is 210 g/mol. The van der Waals surface area contributed by atoms with Crippen LogP contribution in [-0.2, 0) is 0 Å². The number of nitrogens with zero attached hydrogens (tertiary/aromatic N) is 1. The molecule has 0 saturated heterocycles. The summed E-state index contributed by atoms with van der Waals surface area (Å²) in [6.45, 7) is 6.09. The predicted molar refractivity (Wildman–Crippen MR) is 62.2 cm³/mol. The minimum absolute atomic E-state index is 0.0976. The molecule has 0 aromatic heterocycles. The van der Waals surface area contributed by atoms with E-state index in [0.29, 0.717) is 10.9 Å². The highest BCUT2D eigenvalue weighted by Gasteiger charge is 2.15. The minimum atomic E-state index is -0.0976. The first kappa shape index (κ1) is 11.1. The molecule has 0 amide bonds. The van der Waals surface area contributed by atoms with Crippen LogP contribution in [0.25, 0.3) is 0 Å². The van der Waals surface area contributed by atoms with Gasteiger partial charge in [0.1, 0.15) is 5.84 Å². The van der Waals surface area contributed by atoms with E-state index in [9.17, 15) is 0 Å². The fourth-order valence-corrected chi connectivity index (χ4v) is 0.948. The van der Waals surface area contributed by atoms with Crippen LogP contribution in [0.3, 0.4) is 0 Å². The highest BCUT2D eigenvalue weighted by atomic mass is 35.5. The Balaban J connectivity index is 2.93. The van der Waals surface area contributed by atoms with Crippen molar-refractivity contribution in [3.05, 3.63) is 29.3 Å². The predicted octanol–water partition coefficient (Wildman–Crippen LogP) is 3.37. The van der Waals surface area contributed by atoms with Crippen molar-refractivity contribution in [3.63, 3.8) is 0 Å². The van der Waals surface area contributed by atoms with Crippen molar-refractivity contribution in [2.45, 2.75) is 20.8 Å². The van der Waals surface area contributed by atoms with Gasteiger partial charge in [0, 0.05) is 10.4 Å². The minimum Gasteiger partial charge on any atom is -0.387 e. The molecule has 0 bridgehead atoms. The second kappa shape index (κ2) is 4.01.